The van der Waals surface area contributed by atoms with E-state index in [4.69, 9.17) is 11.0 Å². The third-order valence-corrected chi connectivity index (χ3v) is 12.4. The van der Waals surface area contributed by atoms with Crippen LogP contribution in [-0.2, 0) is 15.0 Å². The number of hydrogen-bond donors (Lipinski definition) is 0. The largest absolute Gasteiger partial charge is 0.425 e. The zero-order valence-corrected chi connectivity index (χ0v) is 24.0. The van der Waals surface area contributed by atoms with E-state index < -0.39 is 5.41 Å². The van der Waals surface area contributed by atoms with E-state index in [-0.39, 0.29) is 62.6 Å². The number of hydrogen-bond acceptors (Lipinski definition) is 5. The molecule has 0 spiro atoms. The zero-order valence-electron chi connectivity index (χ0n) is 24.0. The number of rotatable bonds is 1. The van der Waals surface area contributed by atoms with E-state index in [1.54, 1.807) is 0 Å². The molecule has 0 aliphatic heterocycles. The average Bonchev–Trinajstić information content (AvgIpc) is 3.29. The Morgan fingerprint density at radius 2 is 1.71 bits per heavy atom. The molecule has 1 aromatic heterocycles. The van der Waals surface area contributed by atoms with Gasteiger partial charge in [0, 0.05) is 24.2 Å². The molecule has 202 valence electrons. The molecular formula is C32H41N3O3. The summed E-state index contributed by atoms with van der Waals surface area (Å²) in [6, 6.07) is 0. The third-order valence-electron chi connectivity index (χ3n) is 12.4. The van der Waals surface area contributed by atoms with E-state index in [1.165, 1.54) is 0 Å². The number of allylic oxidation sites excluding steroid dienone is 4. The van der Waals surface area contributed by atoms with Gasteiger partial charge in [0.05, 0.1) is 12.0 Å². The van der Waals surface area contributed by atoms with Gasteiger partial charge < -0.3 is 9.21 Å². The monoisotopic (exact) mass is 515 g/mol. The van der Waals surface area contributed by atoms with Crippen LogP contribution in [0.5, 0.6) is 0 Å². The van der Waals surface area contributed by atoms with E-state index in [1.807, 2.05) is 26.0 Å². The van der Waals surface area contributed by atoms with Gasteiger partial charge in [-0.25, -0.2) is 4.85 Å². The number of ketones is 2. The van der Waals surface area contributed by atoms with Gasteiger partial charge in [0.15, 0.2) is 11.6 Å². The number of aromatic nitrogens is 2. The van der Waals surface area contributed by atoms with Crippen molar-refractivity contribution in [2.75, 3.05) is 0 Å². The lowest BCUT2D eigenvalue weighted by molar-refractivity contribution is -0.159. The van der Waals surface area contributed by atoms with Crippen molar-refractivity contribution < 1.29 is 14.0 Å². The highest BCUT2D eigenvalue weighted by molar-refractivity contribution is 6.01. The van der Waals surface area contributed by atoms with Crippen LogP contribution in [0.15, 0.2) is 27.8 Å². The van der Waals surface area contributed by atoms with Gasteiger partial charge >= 0.3 is 0 Å². The van der Waals surface area contributed by atoms with Crippen LogP contribution < -0.4 is 0 Å². The van der Waals surface area contributed by atoms with Gasteiger partial charge in [-0.3, -0.25) is 4.79 Å². The molecule has 1 heterocycles. The first-order chi connectivity index (χ1) is 17.7. The molecule has 3 saturated carbocycles. The molecule has 0 amide bonds. The standard InChI is InChI=1S/C32H41N3O3/c1-18-20-9-10-30(6)24(29(20,5)17-22(33-8)26(18)37)15-23(36)25-21-16-28(3,4)11-13-32(21,14-12-31(25,30)7)27-35-34-19(2)38-27/h15,17-18,20-21,25H,9-14,16H2,1-7H3/t18-,20-,21-,25-,29-,30+,31+,32-/m0/s1. The molecule has 0 aromatic carbocycles. The van der Waals surface area contributed by atoms with Crippen molar-refractivity contribution in [3.8, 4) is 0 Å². The smallest absolute Gasteiger partial charge is 0.226 e. The van der Waals surface area contributed by atoms with E-state index in [0.717, 1.165) is 56.4 Å². The fraction of sp³-hybridized carbons (Fsp3) is 0.719. The molecule has 5 aliphatic carbocycles. The molecule has 6 heteroatoms. The first-order valence-electron chi connectivity index (χ1n) is 14.4. The molecule has 1 aromatic rings. The summed E-state index contributed by atoms with van der Waals surface area (Å²) in [4.78, 5) is 31.1. The van der Waals surface area contributed by atoms with Crippen LogP contribution in [0, 0.1) is 58.8 Å². The lowest BCUT2D eigenvalue weighted by Crippen LogP contribution is -2.65. The summed E-state index contributed by atoms with van der Waals surface area (Å²) in [5, 5.41) is 8.78. The molecule has 0 bridgehead atoms. The van der Waals surface area contributed by atoms with Crippen molar-refractivity contribution in [1.29, 1.82) is 0 Å². The maximum absolute atomic E-state index is 14.5. The summed E-state index contributed by atoms with van der Waals surface area (Å²) in [7, 11) is 0. The van der Waals surface area contributed by atoms with Crippen LogP contribution in [0.2, 0.25) is 0 Å². The average molecular weight is 516 g/mol. The van der Waals surface area contributed by atoms with Crippen LogP contribution >= 0.6 is 0 Å². The Balaban J connectivity index is 1.53. The molecule has 38 heavy (non-hydrogen) atoms. The van der Waals surface area contributed by atoms with E-state index in [0.29, 0.717) is 5.89 Å². The minimum absolute atomic E-state index is 0.0420. The van der Waals surface area contributed by atoms with Crippen LogP contribution in [0.1, 0.15) is 98.3 Å². The third kappa shape index (κ3) is 3.05. The second-order valence-electron chi connectivity index (χ2n) is 14.7. The minimum atomic E-state index is -0.464. The Morgan fingerprint density at radius 3 is 2.37 bits per heavy atom. The Morgan fingerprint density at radius 1 is 1.00 bits per heavy atom. The fourth-order valence-electron chi connectivity index (χ4n) is 10.1. The first kappa shape index (κ1) is 25.7. The highest BCUT2D eigenvalue weighted by Gasteiger charge is 2.69. The number of carbonyl (C=O) groups is 2. The molecule has 8 atom stereocenters. The highest BCUT2D eigenvalue weighted by Crippen LogP contribution is 2.73. The predicted octanol–water partition coefficient (Wildman–Crippen LogP) is 6.81. The summed E-state index contributed by atoms with van der Waals surface area (Å²) < 4.78 is 6.15. The van der Waals surface area contributed by atoms with Crippen molar-refractivity contribution in [3.63, 3.8) is 0 Å². The SMILES string of the molecule is [C-]#[N+]C1=C[C@]2(C)C3=CC(=O)[C@@H]4[C@@H]5CC(C)(C)CC[C@]5(c5nnc(C)o5)CC[C@@]4(C)[C@]3(C)CC[C@H]2[C@H](C)C1=O. The molecule has 0 unspecified atom stereocenters. The van der Waals surface area contributed by atoms with Gasteiger partial charge in [-0.2, -0.15) is 0 Å². The van der Waals surface area contributed by atoms with Crippen molar-refractivity contribution in [3.05, 3.63) is 46.6 Å². The Labute approximate surface area is 226 Å². The summed E-state index contributed by atoms with van der Waals surface area (Å²) in [5.41, 5.74) is 0.388. The van der Waals surface area contributed by atoms with Crippen LogP contribution in [0.4, 0.5) is 0 Å². The van der Waals surface area contributed by atoms with Crippen LogP contribution in [-0.4, -0.2) is 21.8 Å². The normalized spacial score (nSPS) is 45.5. The lowest BCUT2D eigenvalue weighted by atomic mass is 9.35. The van der Waals surface area contributed by atoms with Crippen molar-refractivity contribution in [2.45, 2.75) is 98.8 Å². The molecule has 0 radical (unpaired) electrons. The van der Waals surface area contributed by atoms with Crippen molar-refractivity contribution in [2.24, 2.45) is 45.3 Å². The Bertz CT molecular complexity index is 1350. The molecule has 0 saturated heterocycles. The van der Waals surface area contributed by atoms with E-state index in [9.17, 15) is 9.59 Å². The Kier molecular flexibility index (Phi) is 5.26. The van der Waals surface area contributed by atoms with Crippen LogP contribution in [0.25, 0.3) is 4.85 Å². The molecule has 6 rings (SSSR count). The number of aryl methyl sites for hydroxylation is 1. The predicted molar refractivity (Wildman–Crippen MR) is 144 cm³/mol. The quantitative estimate of drug-likeness (QED) is 0.384. The lowest BCUT2D eigenvalue weighted by Gasteiger charge is -2.68. The number of Topliss-reactive ketones (excluding diaryl/α,β-unsaturated/α-hetero) is 1. The second-order valence-corrected chi connectivity index (χ2v) is 14.7. The van der Waals surface area contributed by atoms with Crippen LogP contribution in [0.3, 0.4) is 0 Å². The van der Waals surface area contributed by atoms with Gasteiger partial charge in [-0.1, -0.05) is 53.2 Å². The fourth-order valence-corrected chi connectivity index (χ4v) is 10.1. The summed E-state index contributed by atoms with van der Waals surface area (Å²) in [6.07, 6.45) is 10.7. The summed E-state index contributed by atoms with van der Waals surface area (Å²) >= 11 is 0. The number of nitrogens with zero attached hydrogens (tertiary/aromatic N) is 3. The van der Waals surface area contributed by atoms with Gasteiger partial charge in [0.25, 0.3) is 0 Å². The number of fused-ring (bicyclic) bond motifs is 7. The summed E-state index contributed by atoms with van der Waals surface area (Å²) in [5.74, 6) is 1.41. The van der Waals surface area contributed by atoms with Crippen molar-refractivity contribution in [1.82, 2.24) is 10.2 Å². The molecule has 3 fully saturated rings. The molecule has 5 aliphatic rings. The molecule has 0 N–H and O–H groups in total. The van der Waals surface area contributed by atoms with Crippen molar-refractivity contribution >= 4 is 11.6 Å². The molecular weight excluding hydrogens is 474 g/mol. The van der Waals surface area contributed by atoms with E-state index in [2.05, 4.69) is 49.7 Å². The summed E-state index contributed by atoms with van der Waals surface area (Å²) in [6.45, 7) is 23.1. The number of carbonyl (C=O) groups excluding carboxylic acids is 2. The maximum Gasteiger partial charge on any atom is 0.226 e. The van der Waals surface area contributed by atoms with Gasteiger partial charge in [-0.05, 0) is 79.1 Å². The second kappa shape index (κ2) is 7.77. The zero-order chi connectivity index (χ0) is 27.5. The van der Waals surface area contributed by atoms with Gasteiger partial charge in [0.2, 0.25) is 17.5 Å². The maximum atomic E-state index is 14.5. The minimum Gasteiger partial charge on any atom is -0.425 e. The van der Waals surface area contributed by atoms with Gasteiger partial charge in [0.1, 0.15) is 0 Å². The Hall–Kier alpha value is -2.55. The molecule has 6 nitrogen and oxygen atoms in total. The van der Waals surface area contributed by atoms with Gasteiger partial charge in [-0.15, -0.1) is 10.2 Å². The highest BCUT2D eigenvalue weighted by atomic mass is 16.4. The topological polar surface area (TPSA) is 77.4 Å². The first-order valence-corrected chi connectivity index (χ1v) is 14.4. The van der Waals surface area contributed by atoms with E-state index >= 15 is 0 Å².